The number of rotatable bonds is 8. The third-order valence-corrected chi connectivity index (χ3v) is 4.96. The number of anilines is 5. The van der Waals surface area contributed by atoms with E-state index in [-0.39, 0.29) is 39.6 Å². The highest BCUT2D eigenvalue weighted by atomic mass is 16.5. The molecule has 0 bridgehead atoms. The second-order valence-corrected chi connectivity index (χ2v) is 7.30. The zero-order chi connectivity index (χ0) is 27.1. The summed E-state index contributed by atoms with van der Waals surface area (Å²) in [5.41, 5.74) is 7.26. The summed E-state index contributed by atoms with van der Waals surface area (Å²) >= 11 is 0. The number of hydrogen-bond acceptors (Lipinski definition) is 13. The van der Waals surface area contributed by atoms with Crippen molar-refractivity contribution < 1.29 is 38.1 Å². The summed E-state index contributed by atoms with van der Waals surface area (Å²) in [5, 5.41) is 5.87. The monoisotopic (exact) mass is 509 g/mol. The number of esters is 4. The Labute approximate surface area is 210 Å². The van der Waals surface area contributed by atoms with E-state index in [0.29, 0.717) is 11.4 Å². The molecule has 3 rings (SSSR count). The maximum atomic E-state index is 12.1. The van der Waals surface area contributed by atoms with Crippen LogP contribution in [0.15, 0.2) is 42.7 Å². The van der Waals surface area contributed by atoms with Gasteiger partial charge >= 0.3 is 23.9 Å². The molecule has 192 valence electrons. The molecule has 0 fully saturated rings. The molecule has 0 aliphatic carbocycles. The number of nitrogens with two attached hydrogens (primary N) is 1. The van der Waals surface area contributed by atoms with E-state index in [1.165, 1.54) is 71.2 Å². The molecule has 13 heteroatoms. The van der Waals surface area contributed by atoms with Crippen LogP contribution in [0.25, 0.3) is 0 Å². The maximum absolute atomic E-state index is 12.1. The van der Waals surface area contributed by atoms with Crippen LogP contribution in [0.2, 0.25) is 0 Å². The zero-order valence-corrected chi connectivity index (χ0v) is 20.3. The van der Waals surface area contributed by atoms with Gasteiger partial charge in [0.25, 0.3) is 0 Å². The van der Waals surface area contributed by atoms with Gasteiger partial charge in [-0.1, -0.05) is 0 Å². The van der Waals surface area contributed by atoms with Gasteiger partial charge in [0.15, 0.2) is 11.6 Å². The van der Waals surface area contributed by atoms with Crippen LogP contribution in [-0.2, 0) is 18.9 Å². The number of methoxy groups -OCH3 is 4. The van der Waals surface area contributed by atoms with Gasteiger partial charge in [-0.25, -0.2) is 29.1 Å². The molecule has 0 amide bonds. The van der Waals surface area contributed by atoms with E-state index in [0.717, 1.165) is 0 Å². The van der Waals surface area contributed by atoms with Crippen LogP contribution in [0.3, 0.4) is 0 Å². The van der Waals surface area contributed by atoms with E-state index in [2.05, 4.69) is 20.6 Å². The van der Waals surface area contributed by atoms with Crippen LogP contribution in [0.4, 0.5) is 28.7 Å². The predicted octanol–water partition coefficient (Wildman–Crippen LogP) is 2.69. The lowest BCUT2D eigenvalue weighted by Crippen LogP contribution is -2.10. The molecule has 1 heterocycles. The van der Waals surface area contributed by atoms with Gasteiger partial charge in [0.1, 0.15) is 12.0 Å². The molecule has 0 saturated carbocycles. The van der Waals surface area contributed by atoms with Crippen molar-refractivity contribution in [3.8, 4) is 0 Å². The Bertz CT molecular complexity index is 1210. The maximum Gasteiger partial charge on any atom is 0.337 e. The summed E-state index contributed by atoms with van der Waals surface area (Å²) in [4.78, 5) is 56.5. The first-order chi connectivity index (χ1) is 17.7. The van der Waals surface area contributed by atoms with Gasteiger partial charge < -0.3 is 35.3 Å². The fourth-order valence-electron chi connectivity index (χ4n) is 3.21. The summed E-state index contributed by atoms with van der Waals surface area (Å²) in [6.45, 7) is 0. The van der Waals surface area contributed by atoms with Gasteiger partial charge in [0.05, 0.1) is 50.7 Å². The second-order valence-electron chi connectivity index (χ2n) is 7.30. The van der Waals surface area contributed by atoms with Crippen LogP contribution in [0.5, 0.6) is 0 Å². The summed E-state index contributed by atoms with van der Waals surface area (Å²) < 4.78 is 19.0. The number of carbonyl (C=O) groups is 4. The van der Waals surface area contributed by atoms with Crippen molar-refractivity contribution in [3.63, 3.8) is 0 Å². The molecule has 13 nitrogen and oxygen atoms in total. The molecule has 0 spiro atoms. The Balaban J connectivity index is 1.98. The number of hydrogen-bond donors (Lipinski definition) is 3. The molecule has 0 aliphatic rings. The van der Waals surface area contributed by atoms with E-state index in [1.807, 2.05) is 0 Å². The van der Waals surface area contributed by atoms with E-state index in [9.17, 15) is 19.2 Å². The summed E-state index contributed by atoms with van der Waals surface area (Å²) in [6, 6.07) is 8.41. The van der Waals surface area contributed by atoms with Crippen molar-refractivity contribution in [2.45, 2.75) is 0 Å². The van der Waals surface area contributed by atoms with E-state index >= 15 is 0 Å². The lowest BCUT2D eigenvalue weighted by atomic mass is 10.1. The minimum Gasteiger partial charge on any atom is -0.465 e. The van der Waals surface area contributed by atoms with Gasteiger partial charge in [-0.2, -0.15) is 0 Å². The molecule has 0 unspecified atom stereocenters. The number of nitrogen functional groups attached to an aromatic ring is 1. The Hall–Kier alpha value is -5.20. The third-order valence-electron chi connectivity index (χ3n) is 4.96. The van der Waals surface area contributed by atoms with Crippen molar-refractivity contribution >= 4 is 52.6 Å². The fourth-order valence-corrected chi connectivity index (χ4v) is 3.21. The number of aromatic nitrogens is 2. The average molecular weight is 509 g/mol. The van der Waals surface area contributed by atoms with Crippen molar-refractivity contribution in [3.05, 3.63) is 65.0 Å². The van der Waals surface area contributed by atoms with Crippen LogP contribution in [-0.4, -0.2) is 62.3 Å². The molecule has 0 atom stereocenters. The Morgan fingerprint density at radius 1 is 0.595 bits per heavy atom. The fraction of sp³-hybridized carbons (Fsp3) is 0.167. The van der Waals surface area contributed by atoms with Crippen LogP contribution in [0, 0.1) is 0 Å². The van der Waals surface area contributed by atoms with Gasteiger partial charge in [0.2, 0.25) is 0 Å². The number of nitrogens with zero attached hydrogens (tertiary/aromatic N) is 2. The number of benzene rings is 2. The predicted molar refractivity (Wildman–Crippen MR) is 131 cm³/mol. The molecule has 3 aromatic rings. The highest BCUT2D eigenvalue weighted by Gasteiger charge is 2.18. The molecule has 0 saturated heterocycles. The number of ether oxygens (including phenoxy) is 4. The quantitative estimate of drug-likeness (QED) is 0.298. The Morgan fingerprint density at radius 2 is 0.892 bits per heavy atom. The van der Waals surface area contributed by atoms with Crippen molar-refractivity contribution in [1.82, 2.24) is 9.97 Å². The smallest absolute Gasteiger partial charge is 0.337 e. The van der Waals surface area contributed by atoms with Crippen LogP contribution >= 0.6 is 0 Å². The summed E-state index contributed by atoms with van der Waals surface area (Å²) in [7, 11) is 4.84. The minimum atomic E-state index is -0.668. The molecule has 37 heavy (non-hydrogen) atoms. The highest BCUT2D eigenvalue weighted by molar-refractivity contribution is 5.98. The first kappa shape index (κ1) is 26.4. The first-order valence-corrected chi connectivity index (χ1v) is 10.5. The molecular weight excluding hydrogens is 486 g/mol. The molecule has 0 radical (unpaired) electrons. The Morgan fingerprint density at radius 3 is 1.16 bits per heavy atom. The number of nitrogens with one attached hydrogen (secondary N) is 2. The molecule has 0 aliphatic heterocycles. The zero-order valence-electron chi connectivity index (χ0n) is 20.3. The lowest BCUT2D eigenvalue weighted by Gasteiger charge is -2.15. The van der Waals surface area contributed by atoms with Crippen LogP contribution in [0.1, 0.15) is 41.4 Å². The molecule has 4 N–H and O–H groups in total. The Kier molecular flexibility index (Phi) is 8.20. The topological polar surface area (TPSA) is 181 Å². The number of carbonyl (C=O) groups excluding carboxylic acids is 4. The van der Waals surface area contributed by atoms with E-state index in [4.69, 9.17) is 24.7 Å². The average Bonchev–Trinajstić information content (AvgIpc) is 2.92. The minimum absolute atomic E-state index is 0.0497. The lowest BCUT2D eigenvalue weighted by molar-refractivity contribution is 0.0581. The standard InChI is InChI=1S/C24H23N5O8/c1-34-21(30)12-5-13(22(31)35-2)8-16(7-12)28-19-18(25)20(27-11-26-19)29-17-9-14(23(32)36-3)6-15(10-17)24(33)37-4/h5-11H,25H2,1-4H3,(H2,26,27,28,29). The molecule has 2 aromatic carbocycles. The third kappa shape index (κ3) is 6.08. The molecular formula is C24H23N5O8. The van der Waals surface area contributed by atoms with E-state index in [1.54, 1.807) is 0 Å². The van der Waals surface area contributed by atoms with E-state index < -0.39 is 23.9 Å². The summed E-state index contributed by atoms with van der Waals surface area (Å²) in [5.74, 6) is -2.41. The first-order valence-electron chi connectivity index (χ1n) is 10.5. The normalized spacial score (nSPS) is 10.2. The van der Waals surface area contributed by atoms with Crippen molar-refractivity contribution in [2.24, 2.45) is 0 Å². The van der Waals surface area contributed by atoms with Gasteiger partial charge in [-0.15, -0.1) is 0 Å². The van der Waals surface area contributed by atoms with Crippen molar-refractivity contribution in [2.75, 3.05) is 44.8 Å². The van der Waals surface area contributed by atoms with Crippen LogP contribution < -0.4 is 16.4 Å². The molecule has 1 aromatic heterocycles. The van der Waals surface area contributed by atoms with Gasteiger partial charge in [0, 0.05) is 11.4 Å². The van der Waals surface area contributed by atoms with Gasteiger partial charge in [-0.05, 0) is 36.4 Å². The second kappa shape index (κ2) is 11.5. The SMILES string of the molecule is COC(=O)c1cc(Nc2ncnc(Nc3cc(C(=O)OC)cc(C(=O)OC)c3)c2N)cc(C(=O)OC)c1. The van der Waals surface area contributed by atoms with Crippen molar-refractivity contribution in [1.29, 1.82) is 0 Å². The highest BCUT2D eigenvalue weighted by Crippen LogP contribution is 2.30. The largest absolute Gasteiger partial charge is 0.465 e. The van der Waals surface area contributed by atoms with Gasteiger partial charge in [-0.3, -0.25) is 0 Å². The summed E-state index contributed by atoms with van der Waals surface area (Å²) in [6.07, 6.45) is 1.21.